The first-order valence-corrected chi connectivity index (χ1v) is 6.64. The smallest absolute Gasteiger partial charge is 0.312 e. The summed E-state index contributed by atoms with van der Waals surface area (Å²) in [4.78, 5) is 24.7. The van der Waals surface area contributed by atoms with E-state index in [0.717, 1.165) is 19.4 Å². The number of rotatable bonds is 4. The average Bonchev–Trinajstić information content (AvgIpc) is 2.82. The predicted octanol–water partition coefficient (Wildman–Crippen LogP) is -0.628. The maximum absolute atomic E-state index is 12.2. The van der Waals surface area contributed by atoms with E-state index in [1.165, 1.54) is 4.68 Å². The lowest BCUT2D eigenvalue weighted by molar-refractivity contribution is -0.133. The van der Waals surface area contributed by atoms with E-state index in [1.54, 1.807) is 17.2 Å². The molecular formula is C12H20N6O2. The highest BCUT2D eigenvalue weighted by Gasteiger charge is 2.23. The summed E-state index contributed by atoms with van der Waals surface area (Å²) in [5.74, 6) is 0.666. The second kappa shape index (κ2) is 6.27. The van der Waals surface area contributed by atoms with E-state index in [-0.39, 0.29) is 18.4 Å². The molecule has 2 rings (SSSR count). The molecule has 8 heteroatoms. The Hall–Kier alpha value is -2.25. The molecule has 1 unspecified atom stereocenters. The summed E-state index contributed by atoms with van der Waals surface area (Å²) < 4.78 is 1.53. The van der Waals surface area contributed by atoms with Gasteiger partial charge in [0.15, 0.2) is 0 Å². The van der Waals surface area contributed by atoms with Crippen LogP contribution in [-0.4, -0.2) is 46.3 Å². The van der Waals surface area contributed by atoms with Gasteiger partial charge in [0.05, 0.1) is 0 Å². The molecule has 20 heavy (non-hydrogen) atoms. The molecule has 5 N–H and O–H groups in total. The molecule has 1 saturated heterocycles. The molecule has 1 atom stereocenters. The van der Waals surface area contributed by atoms with Gasteiger partial charge in [-0.05, 0) is 24.8 Å². The van der Waals surface area contributed by atoms with Crippen molar-refractivity contribution in [1.82, 2.24) is 20.0 Å². The molecule has 1 fully saturated rings. The summed E-state index contributed by atoms with van der Waals surface area (Å²) in [7, 11) is 0. The van der Waals surface area contributed by atoms with Crippen molar-refractivity contribution in [2.24, 2.45) is 11.7 Å². The van der Waals surface area contributed by atoms with Crippen LogP contribution in [-0.2, 0) is 11.3 Å². The third-order valence-corrected chi connectivity index (χ3v) is 3.40. The topological polar surface area (TPSA) is 119 Å². The molecule has 1 aliphatic rings. The number of nitrogens with one attached hydrogen (secondary N) is 1. The first kappa shape index (κ1) is 14.2. The second-order valence-corrected chi connectivity index (χ2v) is 5.03. The van der Waals surface area contributed by atoms with Crippen LogP contribution < -0.4 is 16.8 Å². The van der Waals surface area contributed by atoms with Gasteiger partial charge in [-0.3, -0.25) is 9.48 Å². The van der Waals surface area contributed by atoms with Crippen molar-refractivity contribution in [3.63, 3.8) is 0 Å². The minimum absolute atomic E-state index is 0.0110. The van der Waals surface area contributed by atoms with Gasteiger partial charge in [0.25, 0.3) is 0 Å². The van der Waals surface area contributed by atoms with Crippen LogP contribution in [0.1, 0.15) is 12.8 Å². The zero-order chi connectivity index (χ0) is 14.5. The molecule has 0 radical (unpaired) electrons. The number of aromatic nitrogens is 2. The fourth-order valence-electron chi connectivity index (χ4n) is 2.41. The van der Waals surface area contributed by atoms with Gasteiger partial charge in [-0.1, -0.05) is 0 Å². The van der Waals surface area contributed by atoms with Gasteiger partial charge < -0.3 is 21.7 Å². The average molecular weight is 280 g/mol. The summed E-state index contributed by atoms with van der Waals surface area (Å²) >= 11 is 0. The molecular weight excluding hydrogens is 260 g/mol. The van der Waals surface area contributed by atoms with Crippen molar-refractivity contribution in [2.75, 3.05) is 25.4 Å². The first-order chi connectivity index (χ1) is 9.54. The highest BCUT2D eigenvalue weighted by atomic mass is 16.2. The lowest BCUT2D eigenvalue weighted by Crippen LogP contribution is -2.45. The van der Waals surface area contributed by atoms with Gasteiger partial charge in [-0.15, -0.1) is 0 Å². The number of carbonyl (C=O) groups excluding carboxylic acids is 2. The van der Waals surface area contributed by atoms with E-state index in [9.17, 15) is 9.59 Å². The number of hydrogen-bond donors (Lipinski definition) is 3. The normalized spacial score (nSPS) is 18.8. The van der Waals surface area contributed by atoms with Crippen molar-refractivity contribution < 1.29 is 9.59 Å². The molecule has 1 aliphatic heterocycles. The number of nitrogens with two attached hydrogens (primary N) is 2. The third-order valence-electron chi connectivity index (χ3n) is 3.40. The summed E-state index contributed by atoms with van der Waals surface area (Å²) in [5, 5.41) is 6.59. The van der Waals surface area contributed by atoms with Gasteiger partial charge in [-0.25, -0.2) is 4.79 Å². The number of nitrogens with zero attached hydrogens (tertiary/aromatic N) is 3. The van der Waals surface area contributed by atoms with Gasteiger partial charge in [0.2, 0.25) is 5.91 Å². The Morgan fingerprint density at radius 2 is 2.30 bits per heavy atom. The molecule has 0 bridgehead atoms. The Labute approximate surface area is 117 Å². The van der Waals surface area contributed by atoms with Crippen LogP contribution in [0.5, 0.6) is 0 Å². The van der Waals surface area contributed by atoms with E-state index in [4.69, 9.17) is 11.5 Å². The molecule has 8 nitrogen and oxygen atoms in total. The summed E-state index contributed by atoms with van der Waals surface area (Å²) in [6, 6.07) is 1.13. The summed E-state index contributed by atoms with van der Waals surface area (Å²) in [6.07, 6.45) is 3.60. The quantitative estimate of drug-likeness (QED) is 0.680. The zero-order valence-electron chi connectivity index (χ0n) is 11.3. The molecule has 3 amide bonds. The SMILES string of the molecule is NC(=O)NCC1CCCN(C(=O)Cn2ccc(N)n2)C1. The molecule has 1 aromatic rings. The predicted molar refractivity (Wildman–Crippen MR) is 73.5 cm³/mol. The van der Waals surface area contributed by atoms with Crippen molar-refractivity contribution in [2.45, 2.75) is 19.4 Å². The molecule has 110 valence electrons. The highest BCUT2D eigenvalue weighted by molar-refractivity contribution is 5.76. The Morgan fingerprint density at radius 3 is 2.95 bits per heavy atom. The molecule has 1 aromatic heterocycles. The van der Waals surface area contributed by atoms with Crippen LogP contribution in [0, 0.1) is 5.92 Å². The van der Waals surface area contributed by atoms with Crippen molar-refractivity contribution >= 4 is 17.8 Å². The largest absolute Gasteiger partial charge is 0.382 e. The Balaban J connectivity index is 1.84. The van der Waals surface area contributed by atoms with Gasteiger partial charge in [0, 0.05) is 25.8 Å². The van der Waals surface area contributed by atoms with E-state index in [0.29, 0.717) is 18.9 Å². The number of anilines is 1. The minimum Gasteiger partial charge on any atom is -0.382 e. The Kier molecular flexibility index (Phi) is 4.44. The maximum Gasteiger partial charge on any atom is 0.312 e. The van der Waals surface area contributed by atoms with Gasteiger partial charge in [-0.2, -0.15) is 5.10 Å². The van der Waals surface area contributed by atoms with Gasteiger partial charge >= 0.3 is 6.03 Å². The van der Waals surface area contributed by atoms with Crippen LogP contribution in [0.3, 0.4) is 0 Å². The number of nitrogen functional groups attached to an aromatic ring is 1. The zero-order valence-corrected chi connectivity index (χ0v) is 11.3. The Bertz CT molecular complexity index is 486. The van der Waals surface area contributed by atoms with Crippen molar-refractivity contribution in [1.29, 1.82) is 0 Å². The fraction of sp³-hybridized carbons (Fsp3) is 0.583. The monoisotopic (exact) mass is 280 g/mol. The van der Waals surface area contributed by atoms with Crippen LogP contribution in [0.4, 0.5) is 10.6 Å². The number of likely N-dealkylation sites (tertiary alicyclic amines) is 1. The lowest BCUT2D eigenvalue weighted by Gasteiger charge is -2.32. The number of piperidine rings is 1. The Morgan fingerprint density at radius 1 is 1.50 bits per heavy atom. The van der Waals surface area contributed by atoms with E-state index < -0.39 is 6.03 Å². The standard InChI is InChI=1S/C12H20N6O2/c13-10-3-5-18(16-10)8-11(19)17-4-1-2-9(7-17)6-15-12(14)20/h3,5,9H,1-2,4,6-8H2,(H2,13,16)(H3,14,15,20). The number of amides is 3. The number of urea groups is 1. The molecule has 0 spiro atoms. The summed E-state index contributed by atoms with van der Waals surface area (Å²) in [6.45, 7) is 2.07. The summed E-state index contributed by atoms with van der Waals surface area (Å²) in [5.41, 5.74) is 10.6. The van der Waals surface area contributed by atoms with Crippen LogP contribution in [0.15, 0.2) is 12.3 Å². The molecule has 2 heterocycles. The molecule has 0 saturated carbocycles. The fourth-order valence-corrected chi connectivity index (χ4v) is 2.41. The van der Waals surface area contributed by atoms with E-state index in [2.05, 4.69) is 10.4 Å². The van der Waals surface area contributed by atoms with Crippen LogP contribution in [0.25, 0.3) is 0 Å². The maximum atomic E-state index is 12.2. The number of hydrogen-bond acceptors (Lipinski definition) is 4. The first-order valence-electron chi connectivity index (χ1n) is 6.64. The number of carbonyl (C=O) groups is 2. The van der Waals surface area contributed by atoms with Crippen LogP contribution in [0.2, 0.25) is 0 Å². The third kappa shape index (κ3) is 3.87. The molecule has 0 aliphatic carbocycles. The van der Waals surface area contributed by atoms with Crippen molar-refractivity contribution in [3.8, 4) is 0 Å². The van der Waals surface area contributed by atoms with Crippen molar-refractivity contribution in [3.05, 3.63) is 12.3 Å². The van der Waals surface area contributed by atoms with E-state index >= 15 is 0 Å². The van der Waals surface area contributed by atoms with Crippen LogP contribution >= 0.6 is 0 Å². The lowest BCUT2D eigenvalue weighted by atomic mass is 9.98. The van der Waals surface area contributed by atoms with Gasteiger partial charge in [0.1, 0.15) is 12.4 Å². The minimum atomic E-state index is -0.527. The second-order valence-electron chi connectivity index (χ2n) is 5.03. The number of primary amides is 1. The van der Waals surface area contributed by atoms with E-state index in [1.807, 2.05) is 0 Å². The molecule has 0 aromatic carbocycles. The highest BCUT2D eigenvalue weighted by Crippen LogP contribution is 2.16.